The fourth-order valence-corrected chi connectivity index (χ4v) is 4.97. The summed E-state index contributed by atoms with van der Waals surface area (Å²) in [7, 11) is 0. The number of rotatable bonds is 4. The summed E-state index contributed by atoms with van der Waals surface area (Å²) < 4.78 is 15.2. The van der Waals surface area contributed by atoms with Gasteiger partial charge in [0.05, 0.1) is 35.0 Å². The Balaban J connectivity index is 1.55. The molecule has 8 nitrogen and oxygen atoms in total. The summed E-state index contributed by atoms with van der Waals surface area (Å²) in [5.74, 6) is 0.150. The van der Waals surface area contributed by atoms with Gasteiger partial charge in [-0.05, 0) is 36.4 Å². The summed E-state index contributed by atoms with van der Waals surface area (Å²) in [5.41, 5.74) is 2.75. The zero-order valence-electron chi connectivity index (χ0n) is 17.6. The van der Waals surface area contributed by atoms with E-state index in [0.717, 1.165) is 11.1 Å². The molecular weight excluding hydrogens is 455 g/mol. The molecule has 1 fully saturated rings. The minimum atomic E-state index is -0.803. The van der Waals surface area contributed by atoms with E-state index in [9.17, 15) is 25.1 Å². The predicted molar refractivity (Wildman–Crippen MR) is 123 cm³/mol. The molecule has 34 heavy (non-hydrogen) atoms. The first kappa shape index (κ1) is 21.9. The van der Waals surface area contributed by atoms with Crippen molar-refractivity contribution in [1.82, 2.24) is 14.6 Å². The van der Waals surface area contributed by atoms with Gasteiger partial charge in [0.15, 0.2) is 0 Å². The fraction of sp³-hybridized carbons (Fsp3) is 0.167. The minimum Gasteiger partial charge on any atom is -0.389 e. The first-order valence-electron chi connectivity index (χ1n) is 10.3. The minimum absolute atomic E-state index is 0.201. The van der Waals surface area contributed by atoms with Gasteiger partial charge in [-0.3, -0.25) is 0 Å². The summed E-state index contributed by atoms with van der Waals surface area (Å²) in [6.45, 7) is 0.618. The van der Waals surface area contributed by atoms with Crippen molar-refractivity contribution in [3.8, 4) is 23.3 Å². The van der Waals surface area contributed by atoms with Gasteiger partial charge in [-0.25, -0.2) is 13.9 Å². The molecule has 1 aromatic carbocycles. The molecule has 0 bridgehead atoms. The molecule has 0 amide bonds. The summed E-state index contributed by atoms with van der Waals surface area (Å²) >= 11 is 1.26. The van der Waals surface area contributed by atoms with E-state index in [4.69, 9.17) is 0 Å². The van der Waals surface area contributed by atoms with Crippen LogP contribution in [0.4, 0.5) is 10.2 Å². The number of hydrogen-bond acceptors (Lipinski definition) is 8. The van der Waals surface area contributed by atoms with Gasteiger partial charge >= 0.3 is 0 Å². The molecule has 0 aliphatic carbocycles. The van der Waals surface area contributed by atoms with Crippen LogP contribution in [0, 0.1) is 28.5 Å². The maximum Gasteiger partial charge on any atom is 0.128 e. The van der Waals surface area contributed by atoms with E-state index in [2.05, 4.69) is 16.2 Å². The van der Waals surface area contributed by atoms with Crippen LogP contribution < -0.4 is 4.90 Å². The maximum absolute atomic E-state index is 13.6. The van der Waals surface area contributed by atoms with Crippen LogP contribution >= 0.6 is 11.8 Å². The lowest BCUT2D eigenvalue weighted by Gasteiger charge is -2.16. The molecule has 2 N–H and O–H groups in total. The number of halogens is 1. The van der Waals surface area contributed by atoms with Crippen molar-refractivity contribution in [3.05, 3.63) is 71.9 Å². The van der Waals surface area contributed by atoms with Crippen molar-refractivity contribution >= 4 is 23.1 Å². The zero-order valence-corrected chi connectivity index (χ0v) is 18.4. The van der Waals surface area contributed by atoms with Crippen LogP contribution in [0.3, 0.4) is 0 Å². The highest BCUT2D eigenvalue weighted by Crippen LogP contribution is 2.37. The normalized spacial score (nSPS) is 17.6. The Hall–Kier alpha value is -3.96. The topological polar surface area (TPSA) is 121 Å². The van der Waals surface area contributed by atoms with E-state index in [-0.39, 0.29) is 5.56 Å². The summed E-state index contributed by atoms with van der Waals surface area (Å²) in [5, 5.41) is 42.9. The molecule has 168 valence electrons. The van der Waals surface area contributed by atoms with E-state index in [0.29, 0.717) is 39.8 Å². The Morgan fingerprint density at radius 3 is 2.38 bits per heavy atom. The van der Waals surface area contributed by atoms with Crippen LogP contribution in [0.25, 0.3) is 16.6 Å². The molecular formula is C24H17FN6O2S. The van der Waals surface area contributed by atoms with Gasteiger partial charge in [0.1, 0.15) is 23.8 Å². The van der Waals surface area contributed by atoms with Crippen molar-refractivity contribution in [2.45, 2.75) is 22.0 Å². The highest BCUT2D eigenvalue weighted by atomic mass is 32.2. The molecule has 0 saturated carbocycles. The molecule has 1 saturated heterocycles. The second-order valence-electron chi connectivity index (χ2n) is 7.86. The highest BCUT2D eigenvalue weighted by Gasteiger charge is 2.30. The number of β-amino-alcohol motifs (C(OH)–C–C–N with tert-alkyl or cyclic N) is 2. The number of aromatic nitrogens is 3. The molecule has 4 aromatic rings. The molecule has 2 atom stereocenters. The van der Waals surface area contributed by atoms with Crippen molar-refractivity contribution in [2.75, 3.05) is 18.0 Å². The number of pyridine rings is 2. The smallest absolute Gasteiger partial charge is 0.128 e. The van der Waals surface area contributed by atoms with Crippen LogP contribution in [-0.2, 0) is 0 Å². The number of fused-ring (bicyclic) bond motifs is 1. The van der Waals surface area contributed by atoms with Gasteiger partial charge < -0.3 is 15.1 Å². The number of hydrogen-bond donors (Lipinski definition) is 2. The second kappa shape index (κ2) is 8.76. The summed E-state index contributed by atoms with van der Waals surface area (Å²) in [6, 6.07) is 13.7. The molecule has 5 rings (SSSR count). The maximum atomic E-state index is 13.6. The SMILES string of the molecule is N#Cc1cc(F)ccc1Sc1cc(-c2ccc(N3CC(O)[C@@H](O)C3)nc2)cn2ncc(C#N)c12. The Labute approximate surface area is 198 Å². The third-order valence-corrected chi connectivity index (χ3v) is 6.75. The van der Waals surface area contributed by atoms with Crippen LogP contribution in [-0.4, -0.2) is 50.1 Å². The Morgan fingerprint density at radius 1 is 0.941 bits per heavy atom. The third-order valence-electron chi connectivity index (χ3n) is 5.64. The van der Waals surface area contributed by atoms with Crippen molar-refractivity contribution < 1.29 is 14.6 Å². The van der Waals surface area contributed by atoms with Crippen LogP contribution in [0.15, 0.2) is 64.8 Å². The highest BCUT2D eigenvalue weighted by molar-refractivity contribution is 7.99. The molecule has 3 aromatic heterocycles. The van der Waals surface area contributed by atoms with E-state index in [1.165, 1.54) is 30.1 Å². The van der Waals surface area contributed by atoms with Gasteiger partial charge in [0.2, 0.25) is 0 Å². The summed E-state index contributed by atoms with van der Waals surface area (Å²) in [6.07, 6.45) is 3.35. The first-order chi connectivity index (χ1) is 16.5. The Bertz CT molecular complexity index is 1460. The zero-order chi connectivity index (χ0) is 23.8. The number of nitrogens with zero attached hydrogens (tertiary/aromatic N) is 6. The van der Waals surface area contributed by atoms with Gasteiger partial charge in [-0.2, -0.15) is 15.6 Å². The monoisotopic (exact) mass is 472 g/mol. The van der Waals surface area contributed by atoms with Crippen LogP contribution in [0.1, 0.15) is 11.1 Å². The molecule has 10 heteroatoms. The third kappa shape index (κ3) is 3.95. The Morgan fingerprint density at radius 2 is 1.71 bits per heavy atom. The fourth-order valence-electron chi connectivity index (χ4n) is 3.90. The van der Waals surface area contributed by atoms with Crippen LogP contribution in [0.5, 0.6) is 0 Å². The van der Waals surface area contributed by atoms with Gasteiger partial charge in [0, 0.05) is 46.4 Å². The largest absolute Gasteiger partial charge is 0.389 e. The lowest BCUT2D eigenvalue weighted by atomic mass is 10.1. The predicted octanol–water partition coefficient (Wildman–Crippen LogP) is 2.97. The van der Waals surface area contributed by atoms with E-state index >= 15 is 0 Å². The van der Waals surface area contributed by atoms with Gasteiger partial charge in [0.25, 0.3) is 0 Å². The van der Waals surface area contributed by atoms with Crippen LogP contribution in [0.2, 0.25) is 0 Å². The summed E-state index contributed by atoms with van der Waals surface area (Å²) in [4.78, 5) is 7.55. The van der Waals surface area contributed by atoms with Gasteiger partial charge in [-0.15, -0.1) is 0 Å². The first-order valence-corrected chi connectivity index (χ1v) is 11.1. The quantitative estimate of drug-likeness (QED) is 0.465. The van der Waals surface area contributed by atoms with Crippen molar-refractivity contribution in [1.29, 1.82) is 10.5 Å². The van der Waals surface area contributed by atoms with E-state index < -0.39 is 18.0 Å². The average Bonchev–Trinajstić information content (AvgIpc) is 3.42. The Kier molecular flexibility index (Phi) is 5.64. The standard InChI is InChI=1S/C24H17FN6O2S/c25-18-2-3-21(15(5-18)7-26)34-22-6-16(11-31-24(22)17(8-27)10-29-31)14-1-4-23(28-9-14)30-12-19(32)20(33)13-30/h1-6,9-11,19-20,32-33H,12-13H2/t19-,20?/m0/s1. The number of aliphatic hydroxyl groups is 2. The lowest BCUT2D eigenvalue weighted by molar-refractivity contribution is 0.0572. The number of aliphatic hydroxyl groups excluding tert-OH is 2. The van der Waals surface area contributed by atoms with Crippen molar-refractivity contribution in [2.24, 2.45) is 0 Å². The number of benzene rings is 1. The molecule has 1 aliphatic heterocycles. The van der Waals surface area contributed by atoms with E-state index in [1.54, 1.807) is 23.0 Å². The van der Waals surface area contributed by atoms with Crippen molar-refractivity contribution in [3.63, 3.8) is 0 Å². The molecule has 1 unspecified atom stereocenters. The molecule has 0 spiro atoms. The number of anilines is 1. The van der Waals surface area contributed by atoms with E-state index in [1.807, 2.05) is 29.2 Å². The molecule has 1 aliphatic rings. The lowest BCUT2D eigenvalue weighted by Crippen LogP contribution is -2.22. The molecule has 0 radical (unpaired) electrons. The van der Waals surface area contributed by atoms with Gasteiger partial charge in [-0.1, -0.05) is 11.8 Å². The number of nitriles is 2. The average molecular weight is 473 g/mol. The second-order valence-corrected chi connectivity index (χ2v) is 8.94. The molecule has 4 heterocycles.